The number of nitrogens with one attached hydrogen (secondary N) is 4. The molecule has 0 aliphatic heterocycles. The lowest BCUT2D eigenvalue weighted by atomic mass is 9.85. The number of hydrogen-bond donors (Lipinski definition) is 4. The molecule has 7 nitrogen and oxygen atoms in total. The van der Waals surface area contributed by atoms with Crippen LogP contribution in [0.4, 0.5) is 0 Å². The molecule has 4 N–H and O–H groups in total. The summed E-state index contributed by atoms with van der Waals surface area (Å²) in [5.41, 5.74) is 3.55. The molecular formula is C22H21BrN4O3. The molecule has 8 heteroatoms. The maximum Gasteiger partial charge on any atom is 0.268 e. The maximum atomic E-state index is 12.6. The molecule has 2 heterocycles. The lowest BCUT2D eigenvalue weighted by molar-refractivity contribution is 0.302. The molecule has 0 radical (unpaired) electrons. The van der Waals surface area contributed by atoms with Gasteiger partial charge in [0.15, 0.2) is 0 Å². The Bertz CT molecular complexity index is 1230. The number of aromatic nitrogens is 4. The maximum absolute atomic E-state index is 12.6. The van der Waals surface area contributed by atoms with Gasteiger partial charge in [-0.3, -0.25) is 19.8 Å². The number of hydrogen-bond acceptors (Lipinski definition) is 3. The van der Waals surface area contributed by atoms with Crippen LogP contribution in [0.1, 0.15) is 39.6 Å². The van der Waals surface area contributed by atoms with Crippen LogP contribution in [0.3, 0.4) is 0 Å². The van der Waals surface area contributed by atoms with E-state index in [9.17, 15) is 9.59 Å². The second-order valence-corrected chi connectivity index (χ2v) is 8.04. The summed E-state index contributed by atoms with van der Waals surface area (Å²) in [4.78, 5) is 25.3. The molecule has 4 rings (SSSR count). The van der Waals surface area contributed by atoms with Gasteiger partial charge in [-0.15, -0.1) is 0 Å². The summed E-state index contributed by atoms with van der Waals surface area (Å²) < 4.78 is 7.14. The second-order valence-electron chi connectivity index (χ2n) is 7.12. The van der Waals surface area contributed by atoms with Gasteiger partial charge in [-0.1, -0.05) is 46.3 Å². The fourth-order valence-corrected chi connectivity index (χ4v) is 3.92. The van der Waals surface area contributed by atoms with Gasteiger partial charge in [0.1, 0.15) is 12.4 Å². The molecule has 2 aromatic carbocycles. The molecule has 0 amide bonds. The summed E-state index contributed by atoms with van der Waals surface area (Å²) in [7, 11) is 0. The Morgan fingerprint density at radius 2 is 1.40 bits per heavy atom. The minimum absolute atomic E-state index is 0.264. The van der Waals surface area contributed by atoms with Crippen molar-refractivity contribution >= 4 is 15.9 Å². The van der Waals surface area contributed by atoms with Crippen molar-refractivity contribution in [2.75, 3.05) is 0 Å². The summed E-state index contributed by atoms with van der Waals surface area (Å²) in [5, 5.41) is 11.0. The fraction of sp³-hybridized carbons (Fsp3) is 0.182. The van der Waals surface area contributed by atoms with E-state index in [0.717, 1.165) is 15.6 Å². The zero-order chi connectivity index (χ0) is 21.3. The lowest BCUT2D eigenvalue weighted by Gasteiger charge is -2.20. The number of aromatic amines is 4. The summed E-state index contributed by atoms with van der Waals surface area (Å²) in [6.45, 7) is 3.98. The highest BCUT2D eigenvalue weighted by Gasteiger charge is 2.30. The van der Waals surface area contributed by atoms with E-state index in [4.69, 9.17) is 4.74 Å². The first kappa shape index (κ1) is 20.0. The van der Waals surface area contributed by atoms with E-state index in [1.807, 2.05) is 62.4 Å². The molecule has 0 aliphatic rings. The number of H-pyrrole nitrogens is 4. The normalized spacial score (nSPS) is 11.2. The lowest BCUT2D eigenvalue weighted by Crippen LogP contribution is -2.21. The predicted octanol–water partition coefficient (Wildman–Crippen LogP) is 3.86. The molecule has 4 aromatic rings. The molecule has 0 aliphatic carbocycles. The SMILES string of the molecule is Cc1[nH][nH]c(=O)c1C(c1ccccc1OCc1ccc(Br)cc1)c1c(C)[nH][nH]c1=O. The zero-order valence-electron chi connectivity index (χ0n) is 16.5. The summed E-state index contributed by atoms with van der Waals surface area (Å²) >= 11 is 3.43. The Morgan fingerprint density at radius 3 is 1.93 bits per heavy atom. The summed E-state index contributed by atoms with van der Waals surface area (Å²) in [5.74, 6) is 0.0292. The van der Waals surface area contributed by atoms with Crippen molar-refractivity contribution in [3.63, 3.8) is 0 Å². The highest BCUT2D eigenvalue weighted by molar-refractivity contribution is 9.10. The molecule has 0 bridgehead atoms. The molecule has 0 fully saturated rings. The molecule has 2 aromatic heterocycles. The molecule has 0 saturated heterocycles. The zero-order valence-corrected chi connectivity index (χ0v) is 18.1. The Labute approximate surface area is 180 Å². The van der Waals surface area contributed by atoms with Gasteiger partial charge in [-0.2, -0.15) is 0 Å². The third kappa shape index (κ3) is 3.78. The smallest absolute Gasteiger partial charge is 0.268 e. The first-order valence-electron chi connectivity index (χ1n) is 9.46. The minimum atomic E-state index is -0.587. The standard InChI is InChI=1S/C22H21BrN4O3/c1-12-18(21(28)26-24-12)20(19-13(2)25-27-22(19)29)16-5-3-4-6-17(16)30-11-14-7-9-15(23)10-8-14/h3-10,20H,11H2,1-2H3,(H2,24,26,28)(H2,25,27,29). The summed E-state index contributed by atoms with van der Waals surface area (Å²) in [6, 6.07) is 15.4. The van der Waals surface area contributed by atoms with Crippen molar-refractivity contribution < 1.29 is 4.74 Å². The van der Waals surface area contributed by atoms with Gasteiger partial charge in [0.05, 0.1) is 17.0 Å². The van der Waals surface area contributed by atoms with Crippen molar-refractivity contribution in [2.45, 2.75) is 26.4 Å². The molecular weight excluding hydrogens is 448 g/mol. The Hall–Kier alpha value is -3.26. The van der Waals surface area contributed by atoms with Crippen molar-refractivity contribution in [3.05, 3.63) is 107 Å². The quantitative estimate of drug-likeness (QED) is 0.345. The number of aryl methyl sites for hydroxylation is 2. The monoisotopic (exact) mass is 468 g/mol. The molecule has 0 atom stereocenters. The van der Waals surface area contributed by atoms with E-state index < -0.39 is 5.92 Å². The van der Waals surface area contributed by atoms with Gasteiger partial charge in [-0.25, -0.2) is 0 Å². The highest BCUT2D eigenvalue weighted by Crippen LogP contribution is 2.36. The second kappa shape index (κ2) is 8.23. The van der Waals surface area contributed by atoms with Crippen LogP contribution in [0.5, 0.6) is 5.75 Å². The van der Waals surface area contributed by atoms with E-state index in [1.54, 1.807) is 0 Å². The summed E-state index contributed by atoms with van der Waals surface area (Å²) in [6.07, 6.45) is 0. The Kier molecular flexibility index (Phi) is 5.50. The van der Waals surface area contributed by atoms with Crippen molar-refractivity contribution in [1.29, 1.82) is 0 Å². The van der Waals surface area contributed by atoms with Gasteiger partial charge >= 0.3 is 0 Å². The van der Waals surface area contributed by atoms with Crippen LogP contribution < -0.4 is 15.9 Å². The molecule has 0 unspecified atom stereocenters. The number of para-hydroxylation sites is 1. The molecule has 0 saturated carbocycles. The van der Waals surface area contributed by atoms with Crippen LogP contribution in [0.25, 0.3) is 0 Å². The third-order valence-electron chi connectivity index (χ3n) is 5.14. The van der Waals surface area contributed by atoms with Crippen molar-refractivity contribution in [1.82, 2.24) is 20.4 Å². The fourth-order valence-electron chi connectivity index (χ4n) is 3.65. The number of benzene rings is 2. The molecule has 30 heavy (non-hydrogen) atoms. The third-order valence-corrected chi connectivity index (χ3v) is 5.67. The van der Waals surface area contributed by atoms with Gasteiger partial charge in [0, 0.05) is 21.4 Å². The van der Waals surface area contributed by atoms with Crippen LogP contribution in [-0.4, -0.2) is 20.4 Å². The predicted molar refractivity (Wildman–Crippen MR) is 118 cm³/mol. The van der Waals surface area contributed by atoms with Crippen LogP contribution in [-0.2, 0) is 6.61 Å². The van der Waals surface area contributed by atoms with Gasteiger partial charge in [0.2, 0.25) is 0 Å². The first-order chi connectivity index (χ1) is 14.5. The van der Waals surface area contributed by atoms with Crippen LogP contribution >= 0.6 is 15.9 Å². The average Bonchev–Trinajstić information content (AvgIpc) is 3.25. The average molecular weight is 469 g/mol. The van der Waals surface area contributed by atoms with Crippen molar-refractivity contribution in [3.8, 4) is 5.75 Å². The first-order valence-corrected chi connectivity index (χ1v) is 10.3. The number of rotatable bonds is 6. The van der Waals surface area contributed by atoms with Crippen molar-refractivity contribution in [2.24, 2.45) is 0 Å². The number of ether oxygens (including phenoxy) is 1. The molecule has 154 valence electrons. The van der Waals surface area contributed by atoms with E-state index in [2.05, 4.69) is 36.3 Å². The van der Waals surface area contributed by atoms with E-state index in [1.165, 1.54) is 0 Å². The van der Waals surface area contributed by atoms with Gasteiger partial charge in [0.25, 0.3) is 11.1 Å². The van der Waals surface area contributed by atoms with Crippen LogP contribution in [0.2, 0.25) is 0 Å². The highest BCUT2D eigenvalue weighted by atomic mass is 79.9. The van der Waals surface area contributed by atoms with E-state index in [0.29, 0.717) is 34.9 Å². The Morgan fingerprint density at radius 1 is 0.833 bits per heavy atom. The van der Waals surface area contributed by atoms with E-state index >= 15 is 0 Å². The molecule has 0 spiro atoms. The van der Waals surface area contributed by atoms with E-state index in [-0.39, 0.29) is 11.1 Å². The van der Waals surface area contributed by atoms with Crippen LogP contribution in [0, 0.1) is 13.8 Å². The van der Waals surface area contributed by atoms with Gasteiger partial charge in [-0.05, 0) is 37.6 Å². The van der Waals surface area contributed by atoms with Gasteiger partial charge < -0.3 is 14.9 Å². The largest absolute Gasteiger partial charge is 0.489 e. The van der Waals surface area contributed by atoms with Crippen LogP contribution in [0.15, 0.2) is 62.6 Å². The Balaban J connectivity index is 1.81. The number of halogens is 1. The topological polar surface area (TPSA) is 107 Å². The minimum Gasteiger partial charge on any atom is -0.489 e.